The van der Waals surface area contributed by atoms with Crippen LogP contribution in [0.5, 0.6) is 0 Å². The molecule has 0 bridgehead atoms. The van der Waals surface area contributed by atoms with E-state index in [1.54, 1.807) is 19.2 Å². The number of rotatable bonds is 6. The first kappa shape index (κ1) is 23.8. The van der Waals surface area contributed by atoms with Crippen LogP contribution in [-0.2, 0) is 20.9 Å². The largest absolute Gasteiger partial charge is 0.351 e. The van der Waals surface area contributed by atoms with Crippen molar-refractivity contribution in [1.29, 1.82) is 0 Å². The van der Waals surface area contributed by atoms with Gasteiger partial charge in [-0.1, -0.05) is 60.7 Å². The van der Waals surface area contributed by atoms with Crippen molar-refractivity contribution in [3.63, 3.8) is 0 Å². The number of likely N-dealkylation sites (N-methyl/N-ethyl adjacent to an activating group) is 1. The summed E-state index contributed by atoms with van der Waals surface area (Å²) in [6, 6.07) is 22.6. The minimum Gasteiger partial charge on any atom is -0.351 e. The van der Waals surface area contributed by atoms with E-state index in [0.717, 1.165) is 11.1 Å². The summed E-state index contributed by atoms with van der Waals surface area (Å²) in [6.07, 6.45) is -1.21. The Labute approximate surface area is 202 Å². The molecule has 3 amide bonds. The first-order chi connectivity index (χ1) is 16.8. The number of halogens is 1. The number of benzodiazepines with no additional fused rings is 1. The molecule has 3 aromatic rings. The van der Waals surface area contributed by atoms with Crippen LogP contribution in [0.1, 0.15) is 23.6 Å². The first-order valence-electron chi connectivity index (χ1n) is 11.2. The molecular weight excluding hydrogens is 447 g/mol. The van der Waals surface area contributed by atoms with Gasteiger partial charge in [0.1, 0.15) is 11.7 Å². The molecule has 7 nitrogen and oxygen atoms in total. The lowest BCUT2D eigenvalue weighted by atomic mass is 10.0. The van der Waals surface area contributed by atoms with Gasteiger partial charge in [-0.3, -0.25) is 14.4 Å². The van der Waals surface area contributed by atoms with Crippen molar-refractivity contribution in [3.05, 3.63) is 101 Å². The summed E-state index contributed by atoms with van der Waals surface area (Å²) in [7, 11) is 1.62. The fourth-order valence-corrected chi connectivity index (χ4v) is 3.81. The number of anilines is 1. The molecule has 1 aliphatic rings. The fraction of sp³-hybridized carbons (Fsp3) is 0.185. The number of fused-ring (bicyclic) bond motifs is 1. The zero-order chi connectivity index (χ0) is 24.9. The SMILES string of the molecule is CC(C(=O)NCc1cccc(F)c1)C(=O)NC1N=C(c2ccccc2)c2ccccc2N(C)C1=O. The smallest absolute Gasteiger partial charge is 0.272 e. The van der Waals surface area contributed by atoms with Crippen molar-refractivity contribution in [2.24, 2.45) is 10.9 Å². The van der Waals surface area contributed by atoms with Crippen molar-refractivity contribution in [2.75, 3.05) is 11.9 Å². The molecule has 1 aliphatic heterocycles. The molecule has 1 heterocycles. The lowest BCUT2D eigenvalue weighted by Gasteiger charge is -2.21. The van der Waals surface area contributed by atoms with Crippen molar-refractivity contribution >= 4 is 29.1 Å². The van der Waals surface area contributed by atoms with Crippen LogP contribution in [0.15, 0.2) is 83.9 Å². The van der Waals surface area contributed by atoms with Gasteiger partial charge in [-0.15, -0.1) is 0 Å². The van der Waals surface area contributed by atoms with Crippen LogP contribution in [0.4, 0.5) is 10.1 Å². The number of nitrogens with zero attached hydrogens (tertiary/aromatic N) is 2. The number of hydrogen-bond donors (Lipinski definition) is 2. The average Bonchev–Trinajstić information content (AvgIpc) is 2.98. The van der Waals surface area contributed by atoms with Crippen molar-refractivity contribution in [3.8, 4) is 0 Å². The van der Waals surface area contributed by atoms with E-state index < -0.39 is 35.6 Å². The molecule has 0 aromatic heterocycles. The monoisotopic (exact) mass is 472 g/mol. The number of para-hydroxylation sites is 1. The predicted molar refractivity (Wildman–Crippen MR) is 131 cm³/mol. The zero-order valence-corrected chi connectivity index (χ0v) is 19.4. The van der Waals surface area contributed by atoms with Gasteiger partial charge in [0.2, 0.25) is 18.0 Å². The molecule has 178 valence electrons. The van der Waals surface area contributed by atoms with Gasteiger partial charge in [0.05, 0.1) is 11.4 Å². The van der Waals surface area contributed by atoms with Crippen molar-refractivity contribution in [2.45, 2.75) is 19.6 Å². The van der Waals surface area contributed by atoms with Gasteiger partial charge in [-0.05, 0) is 30.7 Å². The Kier molecular flexibility index (Phi) is 7.01. The Morgan fingerprint density at radius 1 is 1.00 bits per heavy atom. The number of benzene rings is 3. The average molecular weight is 473 g/mol. The molecule has 4 rings (SSSR count). The Balaban J connectivity index is 1.55. The van der Waals surface area contributed by atoms with E-state index in [-0.39, 0.29) is 6.54 Å². The molecule has 0 fully saturated rings. The van der Waals surface area contributed by atoms with E-state index in [9.17, 15) is 18.8 Å². The van der Waals surface area contributed by atoms with Crippen LogP contribution in [-0.4, -0.2) is 36.6 Å². The van der Waals surface area contributed by atoms with Crippen LogP contribution in [0.2, 0.25) is 0 Å². The van der Waals surface area contributed by atoms with Gasteiger partial charge >= 0.3 is 0 Å². The lowest BCUT2D eigenvalue weighted by Crippen LogP contribution is -2.49. The van der Waals surface area contributed by atoms with Crippen LogP contribution in [0.25, 0.3) is 0 Å². The van der Waals surface area contributed by atoms with Gasteiger partial charge in [0.15, 0.2) is 0 Å². The highest BCUT2D eigenvalue weighted by atomic mass is 19.1. The molecule has 0 saturated carbocycles. The van der Waals surface area contributed by atoms with Gasteiger partial charge < -0.3 is 15.5 Å². The molecule has 0 radical (unpaired) electrons. The summed E-state index contributed by atoms with van der Waals surface area (Å²) in [6.45, 7) is 1.52. The Bertz CT molecular complexity index is 1290. The quantitative estimate of drug-likeness (QED) is 0.541. The Hall–Kier alpha value is -4.33. The summed E-state index contributed by atoms with van der Waals surface area (Å²) >= 11 is 0. The van der Waals surface area contributed by atoms with E-state index in [0.29, 0.717) is 17.0 Å². The highest BCUT2D eigenvalue weighted by Gasteiger charge is 2.33. The predicted octanol–water partition coefficient (Wildman–Crippen LogP) is 3.03. The summed E-state index contributed by atoms with van der Waals surface area (Å²) in [5, 5.41) is 5.25. The molecule has 2 atom stereocenters. The van der Waals surface area contributed by atoms with Crippen molar-refractivity contribution < 1.29 is 18.8 Å². The van der Waals surface area contributed by atoms with Gasteiger partial charge in [-0.2, -0.15) is 0 Å². The number of nitrogens with one attached hydrogen (secondary N) is 2. The number of aliphatic imine (C=N–C) groups is 1. The van der Waals surface area contributed by atoms with Crippen LogP contribution in [0, 0.1) is 11.7 Å². The maximum absolute atomic E-state index is 13.4. The first-order valence-corrected chi connectivity index (χ1v) is 11.2. The van der Waals surface area contributed by atoms with E-state index in [4.69, 9.17) is 0 Å². The lowest BCUT2D eigenvalue weighted by molar-refractivity contribution is -0.136. The Morgan fingerprint density at radius 2 is 1.71 bits per heavy atom. The molecule has 2 N–H and O–H groups in total. The zero-order valence-electron chi connectivity index (χ0n) is 19.4. The van der Waals surface area contributed by atoms with E-state index >= 15 is 0 Å². The second-order valence-electron chi connectivity index (χ2n) is 8.24. The van der Waals surface area contributed by atoms with Crippen LogP contribution < -0.4 is 15.5 Å². The molecule has 0 aliphatic carbocycles. The highest BCUT2D eigenvalue weighted by Crippen LogP contribution is 2.27. The second kappa shape index (κ2) is 10.3. The van der Waals surface area contributed by atoms with Gasteiger partial charge in [0.25, 0.3) is 5.91 Å². The third kappa shape index (κ3) is 5.27. The molecule has 0 saturated heterocycles. The maximum Gasteiger partial charge on any atom is 0.272 e. The van der Waals surface area contributed by atoms with Crippen LogP contribution >= 0.6 is 0 Å². The summed E-state index contributed by atoms with van der Waals surface area (Å²) in [5.41, 5.74) is 3.35. The minimum absolute atomic E-state index is 0.0743. The van der Waals surface area contributed by atoms with Crippen molar-refractivity contribution in [1.82, 2.24) is 10.6 Å². The summed E-state index contributed by atoms with van der Waals surface area (Å²) < 4.78 is 13.4. The third-order valence-corrected chi connectivity index (χ3v) is 5.81. The summed E-state index contributed by atoms with van der Waals surface area (Å²) in [5.74, 6) is -3.12. The Morgan fingerprint density at radius 3 is 2.46 bits per heavy atom. The topological polar surface area (TPSA) is 90.9 Å². The number of carbonyl (C=O) groups excluding carboxylic acids is 3. The van der Waals surface area contributed by atoms with E-state index in [1.807, 2.05) is 54.6 Å². The molecular formula is C27H25FN4O3. The number of carbonyl (C=O) groups is 3. The molecule has 3 aromatic carbocycles. The number of hydrogen-bond acceptors (Lipinski definition) is 4. The third-order valence-electron chi connectivity index (χ3n) is 5.81. The van der Waals surface area contributed by atoms with E-state index in [2.05, 4.69) is 15.6 Å². The van der Waals surface area contributed by atoms with Gasteiger partial charge in [0, 0.05) is 24.7 Å². The molecule has 8 heteroatoms. The molecule has 35 heavy (non-hydrogen) atoms. The van der Waals surface area contributed by atoms with Crippen LogP contribution in [0.3, 0.4) is 0 Å². The highest BCUT2D eigenvalue weighted by molar-refractivity contribution is 6.20. The van der Waals surface area contributed by atoms with E-state index in [1.165, 1.54) is 24.0 Å². The number of amides is 3. The standard InChI is InChI=1S/C27H25FN4O3/c1-17(25(33)29-16-18-9-8-12-20(28)15-18)26(34)31-24-27(35)32(2)22-14-7-6-13-21(22)23(30-24)19-10-4-3-5-11-19/h3-15,17,24H,16H2,1-2H3,(H,29,33)(H,31,34). The second-order valence-corrected chi connectivity index (χ2v) is 8.24. The van der Waals surface area contributed by atoms with Gasteiger partial charge in [-0.25, -0.2) is 9.38 Å². The molecule has 2 unspecified atom stereocenters. The maximum atomic E-state index is 13.4. The normalized spacial score (nSPS) is 16.0. The minimum atomic E-state index is -1.21. The summed E-state index contributed by atoms with van der Waals surface area (Å²) in [4.78, 5) is 44.8. The molecule has 0 spiro atoms. The fourth-order valence-electron chi connectivity index (χ4n) is 3.81.